The minimum atomic E-state index is 0.924. The number of para-hydroxylation sites is 1. The number of nitrogens with zero attached hydrogens (tertiary/aromatic N) is 4. The van der Waals surface area contributed by atoms with E-state index in [0.717, 1.165) is 10.6 Å². The van der Waals surface area contributed by atoms with E-state index in [1.165, 1.54) is 65.9 Å². The molecule has 0 bridgehead atoms. The van der Waals surface area contributed by atoms with Crippen molar-refractivity contribution in [3.8, 4) is 0 Å². The van der Waals surface area contributed by atoms with Gasteiger partial charge in [-0.3, -0.25) is 0 Å². The molecule has 4 nitrogen and oxygen atoms in total. The molecular formula is C21H22N4S. The van der Waals surface area contributed by atoms with Gasteiger partial charge in [-0.15, -0.1) is 0 Å². The molecule has 2 aliphatic heterocycles. The summed E-state index contributed by atoms with van der Waals surface area (Å²) in [6.07, 6.45) is 6.89. The van der Waals surface area contributed by atoms with E-state index in [2.05, 4.69) is 39.3 Å². The van der Waals surface area contributed by atoms with Crippen LogP contribution < -0.4 is 9.91 Å². The number of aryl methyl sites for hydroxylation is 2. The van der Waals surface area contributed by atoms with Crippen LogP contribution in [0.3, 0.4) is 0 Å². The Morgan fingerprint density at radius 1 is 1.12 bits per heavy atom. The number of fused-ring (bicyclic) bond motifs is 1. The van der Waals surface area contributed by atoms with Gasteiger partial charge in [-0.1, -0.05) is 23.5 Å². The molecule has 0 unspecified atom stereocenters. The Hall–Kier alpha value is -2.40. The van der Waals surface area contributed by atoms with Crippen LogP contribution >= 0.6 is 11.3 Å². The van der Waals surface area contributed by atoms with Crippen LogP contribution in [0.25, 0.3) is 10.2 Å². The number of benzene rings is 2. The largest absolute Gasteiger partial charge is 0.371 e. The summed E-state index contributed by atoms with van der Waals surface area (Å²) in [5, 5.41) is 7.46. The van der Waals surface area contributed by atoms with Crippen molar-refractivity contribution >= 4 is 38.6 Å². The molecule has 3 heterocycles. The van der Waals surface area contributed by atoms with Crippen molar-refractivity contribution < 1.29 is 0 Å². The van der Waals surface area contributed by atoms with Crippen molar-refractivity contribution in [1.82, 2.24) is 4.98 Å². The highest BCUT2D eigenvalue weighted by molar-refractivity contribution is 7.22. The Morgan fingerprint density at radius 2 is 1.85 bits per heavy atom. The van der Waals surface area contributed by atoms with Crippen LogP contribution in [0, 0.1) is 0 Å². The van der Waals surface area contributed by atoms with Gasteiger partial charge in [0.25, 0.3) is 0 Å². The number of aromatic nitrogens is 1. The Bertz CT molecular complexity index is 927. The van der Waals surface area contributed by atoms with E-state index in [9.17, 15) is 0 Å². The zero-order valence-electron chi connectivity index (χ0n) is 15.0. The van der Waals surface area contributed by atoms with E-state index < -0.39 is 0 Å². The van der Waals surface area contributed by atoms with Gasteiger partial charge in [0, 0.05) is 25.8 Å². The van der Waals surface area contributed by atoms with E-state index >= 15 is 0 Å². The number of hydrogen-bond acceptors (Lipinski definition) is 5. The summed E-state index contributed by atoms with van der Waals surface area (Å²) < 4.78 is 1.20. The molecule has 0 radical (unpaired) electrons. The highest BCUT2D eigenvalue weighted by Crippen LogP contribution is 2.36. The molecule has 0 saturated carbocycles. The van der Waals surface area contributed by atoms with Gasteiger partial charge in [0.15, 0.2) is 0 Å². The SMILES string of the molecule is CN(N=Cc1cc2c3c(c1)CCCN3CCC2)c1nc2ccccc2s1. The van der Waals surface area contributed by atoms with E-state index in [1.807, 2.05) is 30.4 Å². The van der Waals surface area contributed by atoms with E-state index in [1.54, 1.807) is 11.3 Å². The predicted molar refractivity (Wildman–Crippen MR) is 111 cm³/mol. The van der Waals surface area contributed by atoms with Crippen LogP contribution in [0.15, 0.2) is 41.5 Å². The van der Waals surface area contributed by atoms with Crippen molar-refractivity contribution in [2.24, 2.45) is 5.10 Å². The summed E-state index contributed by atoms with van der Waals surface area (Å²) >= 11 is 1.67. The maximum atomic E-state index is 4.67. The molecule has 0 N–H and O–H groups in total. The maximum Gasteiger partial charge on any atom is 0.206 e. The molecule has 1 aromatic heterocycles. The lowest BCUT2D eigenvalue weighted by atomic mass is 9.90. The van der Waals surface area contributed by atoms with Crippen LogP contribution in [-0.2, 0) is 12.8 Å². The fourth-order valence-corrected chi connectivity index (χ4v) is 4.99. The first-order valence-corrected chi connectivity index (χ1v) is 10.1. The third kappa shape index (κ3) is 2.76. The molecule has 132 valence electrons. The lowest BCUT2D eigenvalue weighted by Gasteiger charge is -2.37. The van der Waals surface area contributed by atoms with E-state index in [0.29, 0.717) is 0 Å². The predicted octanol–water partition coefficient (Wildman–Crippen LogP) is 4.47. The molecule has 0 saturated heterocycles. The van der Waals surface area contributed by atoms with E-state index in [-0.39, 0.29) is 0 Å². The average Bonchev–Trinajstić information content (AvgIpc) is 3.11. The molecule has 5 rings (SSSR count). The summed E-state index contributed by atoms with van der Waals surface area (Å²) in [5.74, 6) is 0. The summed E-state index contributed by atoms with van der Waals surface area (Å²) in [4.78, 5) is 7.25. The number of hydrazone groups is 1. The lowest BCUT2D eigenvalue weighted by Crippen LogP contribution is -2.34. The van der Waals surface area contributed by atoms with E-state index in [4.69, 9.17) is 0 Å². The van der Waals surface area contributed by atoms with Crippen LogP contribution in [0.5, 0.6) is 0 Å². The minimum Gasteiger partial charge on any atom is -0.371 e. The summed E-state index contributed by atoms with van der Waals surface area (Å²) in [6, 6.07) is 12.9. The zero-order valence-corrected chi connectivity index (χ0v) is 15.8. The molecule has 2 aromatic carbocycles. The molecule has 26 heavy (non-hydrogen) atoms. The fourth-order valence-electron chi connectivity index (χ4n) is 4.11. The molecule has 0 aliphatic carbocycles. The number of anilines is 2. The standard InChI is InChI=1S/C21H22N4S/c1-24(21-23-18-8-2-3-9-19(18)26-21)22-14-15-12-16-6-4-10-25-11-5-7-17(13-15)20(16)25/h2-3,8-9,12-14H,4-7,10-11H2,1H3. The molecule has 0 amide bonds. The Balaban J connectivity index is 1.43. The van der Waals surface area contributed by atoms with Crippen molar-refractivity contribution in [2.45, 2.75) is 25.7 Å². The third-order valence-electron chi connectivity index (χ3n) is 5.29. The molecule has 0 atom stereocenters. The third-order valence-corrected chi connectivity index (χ3v) is 6.40. The second-order valence-corrected chi connectivity index (χ2v) is 8.12. The Labute approximate surface area is 157 Å². The normalized spacial score (nSPS) is 16.3. The van der Waals surface area contributed by atoms with Gasteiger partial charge in [-0.05, 0) is 66.6 Å². The van der Waals surface area contributed by atoms with Gasteiger partial charge in [-0.2, -0.15) is 5.10 Å². The summed E-state index contributed by atoms with van der Waals surface area (Å²) in [6.45, 7) is 2.43. The second-order valence-electron chi connectivity index (χ2n) is 7.11. The smallest absolute Gasteiger partial charge is 0.206 e. The number of thiazole rings is 1. The molecule has 5 heteroatoms. The minimum absolute atomic E-state index is 0.924. The maximum absolute atomic E-state index is 4.67. The van der Waals surface area contributed by atoms with Crippen molar-refractivity contribution in [1.29, 1.82) is 0 Å². The first-order chi connectivity index (χ1) is 12.8. The first kappa shape index (κ1) is 15.8. The number of hydrogen-bond donors (Lipinski definition) is 0. The Morgan fingerprint density at radius 3 is 2.58 bits per heavy atom. The first-order valence-electron chi connectivity index (χ1n) is 9.32. The van der Waals surface area contributed by atoms with Crippen LogP contribution in [0.4, 0.5) is 10.8 Å². The van der Waals surface area contributed by atoms with Gasteiger partial charge in [0.1, 0.15) is 0 Å². The molecule has 3 aromatic rings. The van der Waals surface area contributed by atoms with Crippen LogP contribution in [-0.4, -0.2) is 31.3 Å². The van der Waals surface area contributed by atoms with Gasteiger partial charge < -0.3 is 4.90 Å². The van der Waals surface area contributed by atoms with Gasteiger partial charge in [-0.25, -0.2) is 9.99 Å². The summed E-state index contributed by atoms with van der Waals surface area (Å²) in [7, 11) is 1.97. The highest BCUT2D eigenvalue weighted by Gasteiger charge is 2.23. The van der Waals surface area contributed by atoms with Crippen LogP contribution in [0.1, 0.15) is 29.5 Å². The fraction of sp³-hybridized carbons (Fsp3) is 0.333. The molecule has 0 spiro atoms. The van der Waals surface area contributed by atoms with Crippen molar-refractivity contribution in [3.05, 3.63) is 53.1 Å². The zero-order chi connectivity index (χ0) is 17.5. The lowest BCUT2D eigenvalue weighted by molar-refractivity contribution is 0.634. The topological polar surface area (TPSA) is 31.7 Å². The van der Waals surface area contributed by atoms with Crippen molar-refractivity contribution in [3.63, 3.8) is 0 Å². The molecule has 2 aliphatic rings. The second kappa shape index (κ2) is 6.40. The Kier molecular flexibility index (Phi) is 3.89. The van der Waals surface area contributed by atoms with Gasteiger partial charge >= 0.3 is 0 Å². The summed E-state index contributed by atoms with van der Waals surface area (Å²) in [5.41, 5.74) is 6.75. The van der Waals surface area contributed by atoms with Crippen molar-refractivity contribution in [2.75, 3.05) is 30.0 Å². The highest BCUT2D eigenvalue weighted by atomic mass is 32.1. The molecular weight excluding hydrogens is 340 g/mol. The average molecular weight is 363 g/mol. The van der Waals surface area contributed by atoms with Gasteiger partial charge in [0.05, 0.1) is 16.4 Å². The van der Waals surface area contributed by atoms with Crippen LogP contribution in [0.2, 0.25) is 0 Å². The monoisotopic (exact) mass is 362 g/mol. The quantitative estimate of drug-likeness (QED) is 0.509. The molecule has 0 fully saturated rings. The number of rotatable bonds is 3. The van der Waals surface area contributed by atoms with Gasteiger partial charge in [0.2, 0.25) is 5.13 Å².